The quantitative estimate of drug-likeness (QED) is 0.792. The van der Waals surface area contributed by atoms with Gasteiger partial charge in [0.1, 0.15) is 0 Å². The van der Waals surface area contributed by atoms with Gasteiger partial charge in [-0.1, -0.05) is 12.1 Å². The minimum Gasteiger partial charge on any atom is -0.465 e. The summed E-state index contributed by atoms with van der Waals surface area (Å²) >= 11 is 0. The van der Waals surface area contributed by atoms with E-state index in [0.717, 1.165) is 0 Å². The molecule has 0 saturated heterocycles. The molecule has 0 fully saturated rings. The highest BCUT2D eigenvalue weighted by Crippen LogP contribution is 2.22. The Morgan fingerprint density at radius 3 is 2.40 bits per heavy atom. The number of benzene rings is 2. The van der Waals surface area contributed by atoms with Crippen LogP contribution in [0.5, 0.6) is 0 Å². The lowest BCUT2D eigenvalue weighted by Crippen LogP contribution is -2.19. The molecule has 0 aliphatic carbocycles. The summed E-state index contributed by atoms with van der Waals surface area (Å²) in [6.45, 7) is 1.62. The number of esters is 1. The van der Waals surface area contributed by atoms with E-state index in [2.05, 4.69) is 14.8 Å². The second-order valence-corrected chi connectivity index (χ2v) is 6.89. The molecule has 132 valence electrons. The Labute approximate surface area is 146 Å². The molecule has 0 atom stereocenters. The monoisotopic (exact) mass is 362 g/mol. The molecule has 2 aromatic rings. The van der Waals surface area contributed by atoms with Crippen LogP contribution in [0.1, 0.15) is 26.3 Å². The number of aryl methyl sites for hydroxylation is 1. The molecule has 2 aromatic carbocycles. The topological polar surface area (TPSA) is 102 Å². The lowest BCUT2D eigenvalue weighted by atomic mass is 10.1. The largest absolute Gasteiger partial charge is 0.465 e. The minimum atomic E-state index is -3.95. The molecule has 1 amide bonds. The number of sulfonamides is 1. The van der Waals surface area contributed by atoms with Crippen molar-refractivity contribution in [2.24, 2.45) is 0 Å². The first-order valence-corrected chi connectivity index (χ1v) is 8.80. The Bertz CT molecular complexity index is 922. The van der Waals surface area contributed by atoms with Crippen molar-refractivity contribution >= 4 is 27.6 Å². The zero-order chi connectivity index (χ0) is 18.6. The van der Waals surface area contributed by atoms with Gasteiger partial charge in [-0.15, -0.1) is 0 Å². The highest BCUT2D eigenvalue weighted by atomic mass is 32.2. The predicted molar refractivity (Wildman–Crippen MR) is 93.2 cm³/mol. The fourth-order valence-electron chi connectivity index (χ4n) is 2.21. The van der Waals surface area contributed by atoms with E-state index in [4.69, 9.17) is 0 Å². The zero-order valence-electron chi connectivity index (χ0n) is 14.0. The number of anilines is 1. The van der Waals surface area contributed by atoms with Crippen LogP contribution in [0.15, 0.2) is 47.4 Å². The lowest BCUT2D eigenvalue weighted by Gasteiger charge is -2.12. The van der Waals surface area contributed by atoms with Crippen LogP contribution in [0.2, 0.25) is 0 Å². The Morgan fingerprint density at radius 1 is 1.04 bits per heavy atom. The molecule has 7 nitrogen and oxygen atoms in total. The predicted octanol–water partition coefficient (Wildman–Crippen LogP) is 1.94. The van der Waals surface area contributed by atoms with Crippen molar-refractivity contribution in [3.63, 3.8) is 0 Å². The van der Waals surface area contributed by atoms with Gasteiger partial charge in [-0.2, -0.15) is 0 Å². The van der Waals surface area contributed by atoms with Gasteiger partial charge in [-0.3, -0.25) is 9.52 Å². The van der Waals surface area contributed by atoms with E-state index in [-0.39, 0.29) is 22.1 Å². The van der Waals surface area contributed by atoms with Gasteiger partial charge in [-0.05, 0) is 42.8 Å². The van der Waals surface area contributed by atoms with E-state index in [1.54, 1.807) is 19.1 Å². The van der Waals surface area contributed by atoms with Gasteiger partial charge in [0.2, 0.25) is 0 Å². The third kappa shape index (κ3) is 4.16. The number of carbonyl (C=O) groups is 2. The first kappa shape index (κ1) is 18.5. The van der Waals surface area contributed by atoms with Gasteiger partial charge in [0.25, 0.3) is 15.9 Å². The zero-order valence-corrected chi connectivity index (χ0v) is 14.8. The molecule has 8 heteroatoms. The summed E-state index contributed by atoms with van der Waals surface area (Å²) in [6, 6.07) is 10.4. The van der Waals surface area contributed by atoms with Crippen molar-refractivity contribution in [1.29, 1.82) is 0 Å². The third-order valence-electron chi connectivity index (χ3n) is 3.50. The first-order chi connectivity index (χ1) is 11.8. The summed E-state index contributed by atoms with van der Waals surface area (Å²) in [6.07, 6.45) is 0. The number of methoxy groups -OCH3 is 1. The van der Waals surface area contributed by atoms with Gasteiger partial charge in [0, 0.05) is 18.3 Å². The number of hydrogen-bond acceptors (Lipinski definition) is 5. The fraction of sp³-hybridized carbons (Fsp3) is 0.176. The second-order valence-electron chi connectivity index (χ2n) is 5.24. The molecule has 0 aliphatic heterocycles. The summed E-state index contributed by atoms with van der Waals surface area (Å²) in [5.74, 6) is -0.956. The molecule has 2 N–H and O–H groups in total. The van der Waals surface area contributed by atoms with Crippen LogP contribution in [-0.2, 0) is 14.8 Å². The molecular formula is C17H18N2O5S. The van der Waals surface area contributed by atoms with Crippen LogP contribution in [0.4, 0.5) is 5.69 Å². The van der Waals surface area contributed by atoms with Gasteiger partial charge in [0.15, 0.2) is 0 Å². The van der Waals surface area contributed by atoms with E-state index < -0.39 is 16.0 Å². The van der Waals surface area contributed by atoms with Crippen molar-refractivity contribution in [2.75, 3.05) is 18.9 Å². The van der Waals surface area contributed by atoms with Crippen molar-refractivity contribution in [1.82, 2.24) is 5.32 Å². The SMILES string of the molecule is CNC(=O)c1cccc(NS(=O)(=O)c2cc(C(=O)OC)ccc2C)c1. The molecule has 0 spiro atoms. The normalized spacial score (nSPS) is 10.8. The van der Waals surface area contributed by atoms with Gasteiger partial charge < -0.3 is 10.1 Å². The van der Waals surface area contributed by atoms with E-state index >= 15 is 0 Å². The fourth-order valence-corrected chi connectivity index (χ4v) is 3.53. The Kier molecular flexibility index (Phi) is 5.43. The van der Waals surface area contributed by atoms with Crippen molar-refractivity contribution in [3.8, 4) is 0 Å². The highest BCUT2D eigenvalue weighted by Gasteiger charge is 2.20. The number of amides is 1. The number of nitrogens with one attached hydrogen (secondary N) is 2. The molecule has 0 bridgehead atoms. The van der Waals surface area contributed by atoms with E-state index in [1.165, 1.54) is 44.5 Å². The standard InChI is InChI=1S/C17H18N2O5S/c1-11-7-8-13(17(21)24-3)10-15(11)25(22,23)19-14-6-4-5-12(9-14)16(20)18-2/h4-10,19H,1-3H3,(H,18,20). The third-order valence-corrected chi connectivity index (χ3v) is 5.03. The van der Waals surface area contributed by atoms with Crippen molar-refractivity contribution in [2.45, 2.75) is 11.8 Å². The van der Waals surface area contributed by atoms with Crippen LogP contribution in [0, 0.1) is 6.92 Å². The van der Waals surface area contributed by atoms with Crippen LogP contribution in [-0.4, -0.2) is 34.5 Å². The molecule has 25 heavy (non-hydrogen) atoms. The van der Waals surface area contributed by atoms with Crippen molar-refractivity contribution < 1.29 is 22.7 Å². The summed E-state index contributed by atoms with van der Waals surface area (Å²) in [5, 5.41) is 2.47. The molecule has 0 unspecified atom stereocenters. The van der Waals surface area contributed by atoms with Crippen molar-refractivity contribution in [3.05, 3.63) is 59.2 Å². The van der Waals surface area contributed by atoms with Gasteiger partial charge >= 0.3 is 5.97 Å². The molecule has 0 aliphatic rings. The number of carbonyl (C=O) groups excluding carboxylic acids is 2. The average molecular weight is 362 g/mol. The Balaban J connectivity index is 2.40. The Morgan fingerprint density at radius 2 is 1.76 bits per heavy atom. The van der Waals surface area contributed by atoms with Gasteiger partial charge in [0.05, 0.1) is 17.6 Å². The van der Waals surface area contributed by atoms with Crippen LogP contribution in [0.3, 0.4) is 0 Å². The first-order valence-electron chi connectivity index (χ1n) is 7.32. The number of hydrogen-bond donors (Lipinski definition) is 2. The molecule has 0 heterocycles. The Hall–Kier alpha value is -2.87. The summed E-state index contributed by atoms with van der Waals surface area (Å²) in [7, 11) is -1.24. The van der Waals surface area contributed by atoms with Crippen LogP contribution >= 0.6 is 0 Å². The average Bonchev–Trinajstić information content (AvgIpc) is 2.60. The lowest BCUT2D eigenvalue weighted by molar-refractivity contribution is 0.0600. The molecule has 0 saturated carbocycles. The number of ether oxygens (including phenoxy) is 1. The smallest absolute Gasteiger partial charge is 0.337 e. The molecule has 0 radical (unpaired) electrons. The summed E-state index contributed by atoms with van der Waals surface area (Å²) in [5.41, 5.74) is 1.17. The summed E-state index contributed by atoms with van der Waals surface area (Å²) in [4.78, 5) is 23.3. The van der Waals surface area contributed by atoms with E-state index in [9.17, 15) is 18.0 Å². The maximum atomic E-state index is 12.7. The summed E-state index contributed by atoms with van der Waals surface area (Å²) < 4.78 is 32.4. The second kappa shape index (κ2) is 7.35. The maximum Gasteiger partial charge on any atom is 0.337 e. The van der Waals surface area contributed by atoms with Crippen LogP contribution < -0.4 is 10.0 Å². The van der Waals surface area contributed by atoms with Crippen LogP contribution in [0.25, 0.3) is 0 Å². The minimum absolute atomic E-state index is 0.0410. The number of rotatable bonds is 5. The van der Waals surface area contributed by atoms with E-state index in [1.807, 2.05) is 0 Å². The van der Waals surface area contributed by atoms with E-state index in [0.29, 0.717) is 11.1 Å². The molecule has 2 rings (SSSR count). The highest BCUT2D eigenvalue weighted by molar-refractivity contribution is 7.92. The molecular weight excluding hydrogens is 344 g/mol. The maximum absolute atomic E-state index is 12.7. The molecule has 0 aromatic heterocycles. The van der Waals surface area contributed by atoms with Gasteiger partial charge in [-0.25, -0.2) is 13.2 Å².